The number of carbonyl (C=O) groups excluding carboxylic acids is 2. The van der Waals surface area contributed by atoms with Gasteiger partial charge in [-0.3, -0.25) is 9.59 Å². The van der Waals surface area contributed by atoms with Crippen molar-refractivity contribution in [2.45, 2.75) is 18.4 Å². The van der Waals surface area contributed by atoms with E-state index in [9.17, 15) is 18.4 Å². The molecule has 2 N–H and O–H groups in total. The fourth-order valence-corrected chi connectivity index (χ4v) is 2.76. The van der Waals surface area contributed by atoms with E-state index < -0.39 is 30.2 Å². The summed E-state index contributed by atoms with van der Waals surface area (Å²) in [6.45, 7) is 2.84. The Labute approximate surface area is 144 Å². The summed E-state index contributed by atoms with van der Waals surface area (Å²) in [7, 11) is 3.09. The second-order valence-corrected chi connectivity index (χ2v) is 5.66. The van der Waals surface area contributed by atoms with E-state index in [2.05, 4.69) is 17.2 Å². The minimum absolute atomic E-state index is 0.118. The van der Waals surface area contributed by atoms with E-state index in [1.54, 1.807) is 25.2 Å². The Bertz CT molecular complexity index is 657. The van der Waals surface area contributed by atoms with Crippen LogP contribution in [0.15, 0.2) is 30.9 Å². The predicted octanol–water partition coefficient (Wildman–Crippen LogP) is 1.89. The number of halogens is 2. The van der Waals surface area contributed by atoms with Crippen LogP contribution in [-0.2, 0) is 4.79 Å². The lowest BCUT2D eigenvalue weighted by molar-refractivity contribution is -0.124. The molecule has 0 bridgehead atoms. The minimum atomic E-state index is -3.10. The topological polar surface area (TPSA) is 70.7 Å². The molecule has 1 aliphatic rings. The number of benzene rings is 1. The van der Waals surface area contributed by atoms with Gasteiger partial charge in [0, 0.05) is 26.6 Å². The smallest absolute Gasteiger partial charge is 0.271 e. The SMILES string of the molecule is C=CC(=O)NC1CN(C(=O)c2c(NC)cccc2OC)CCC1(F)F. The van der Waals surface area contributed by atoms with Gasteiger partial charge in [-0.05, 0) is 18.2 Å². The quantitative estimate of drug-likeness (QED) is 0.793. The Kier molecular flexibility index (Phi) is 5.61. The molecule has 1 aromatic rings. The van der Waals surface area contributed by atoms with Crippen LogP contribution < -0.4 is 15.4 Å². The number of rotatable bonds is 5. The van der Waals surface area contributed by atoms with Crippen LogP contribution in [0.25, 0.3) is 0 Å². The van der Waals surface area contributed by atoms with E-state index in [0.29, 0.717) is 11.4 Å². The number of methoxy groups -OCH3 is 1. The molecule has 0 saturated carbocycles. The van der Waals surface area contributed by atoms with Crippen molar-refractivity contribution in [3.63, 3.8) is 0 Å². The highest BCUT2D eigenvalue weighted by Gasteiger charge is 2.46. The van der Waals surface area contributed by atoms with Crippen molar-refractivity contribution in [1.82, 2.24) is 10.2 Å². The highest BCUT2D eigenvalue weighted by molar-refractivity contribution is 6.02. The molecule has 0 spiro atoms. The van der Waals surface area contributed by atoms with Gasteiger partial charge in [-0.1, -0.05) is 12.6 Å². The number of ether oxygens (including phenoxy) is 1. The first kappa shape index (κ1) is 18.7. The molecule has 2 amide bonds. The molecule has 1 atom stereocenters. The van der Waals surface area contributed by atoms with Crippen molar-refractivity contribution in [3.05, 3.63) is 36.4 Å². The van der Waals surface area contributed by atoms with Gasteiger partial charge >= 0.3 is 0 Å². The molecular formula is C17H21F2N3O3. The summed E-state index contributed by atoms with van der Waals surface area (Å²) in [6, 6.07) is 3.58. The lowest BCUT2D eigenvalue weighted by Crippen LogP contribution is -2.59. The van der Waals surface area contributed by atoms with Gasteiger partial charge in [-0.25, -0.2) is 8.78 Å². The van der Waals surface area contributed by atoms with Crippen LogP contribution in [0.3, 0.4) is 0 Å². The van der Waals surface area contributed by atoms with Crippen LogP contribution in [0.4, 0.5) is 14.5 Å². The van der Waals surface area contributed by atoms with Crippen molar-refractivity contribution >= 4 is 17.5 Å². The van der Waals surface area contributed by atoms with Crippen molar-refractivity contribution in [2.24, 2.45) is 0 Å². The summed E-state index contributed by atoms with van der Waals surface area (Å²) in [4.78, 5) is 25.6. The largest absolute Gasteiger partial charge is 0.496 e. The third-order valence-corrected chi connectivity index (χ3v) is 4.15. The van der Waals surface area contributed by atoms with E-state index >= 15 is 0 Å². The number of hydrogen-bond acceptors (Lipinski definition) is 4. The van der Waals surface area contributed by atoms with E-state index in [0.717, 1.165) is 6.08 Å². The lowest BCUT2D eigenvalue weighted by Gasteiger charge is -2.38. The number of nitrogens with one attached hydrogen (secondary N) is 2. The van der Waals surface area contributed by atoms with Gasteiger partial charge in [0.25, 0.3) is 11.8 Å². The maximum Gasteiger partial charge on any atom is 0.271 e. The second-order valence-electron chi connectivity index (χ2n) is 5.66. The van der Waals surface area contributed by atoms with Gasteiger partial charge in [0.15, 0.2) is 0 Å². The van der Waals surface area contributed by atoms with E-state index in [1.807, 2.05) is 0 Å². The first-order valence-corrected chi connectivity index (χ1v) is 7.78. The van der Waals surface area contributed by atoms with Crippen LogP contribution in [-0.4, -0.2) is 55.9 Å². The molecule has 136 valence electrons. The molecule has 1 fully saturated rings. The number of anilines is 1. The van der Waals surface area contributed by atoms with E-state index in [-0.39, 0.29) is 18.7 Å². The molecule has 2 rings (SSSR count). The summed E-state index contributed by atoms with van der Waals surface area (Å²) < 4.78 is 33.4. The van der Waals surface area contributed by atoms with Crippen molar-refractivity contribution in [2.75, 3.05) is 32.6 Å². The van der Waals surface area contributed by atoms with Gasteiger partial charge in [-0.15, -0.1) is 0 Å². The number of carbonyl (C=O) groups is 2. The van der Waals surface area contributed by atoms with Gasteiger partial charge in [0.05, 0.1) is 12.8 Å². The molecule has 0 aliphatic carbocycles. The number of amides is 2. The summed E-state index contributed by atoms with van der Waals surface area (Å²) in [5.41, 5.74) is 0.805. The molecule has 25 heavy (non-hydrogen) atoms. The fourth-order valence-electron chi connectivity index (χ4n) is 2.76. The van der Waals surface area contributed by atoms with Crippen molar-refractivity contribution < 1.29 is 23.1 Å². The van der Waals surface area contributed by atoms with Crippen LogP contribution in [0.1, 0.15) is 16.8 Å². The minimum Gasteiger partial charge on any atom is -0.496 e. The standard InChI is InChI=1S/C17H21F2N3O3/c1-4-14(23)21-13-10-22(9-8-17(13,18)19)16(24)15-11(20-2)6-5-7-12(15)25-3/h4-7,13,20H,1,8-10H2,2-3H3,(H,21,23). The summed E-state index contributed by atoms with van der Waals surface area (Å²) in [5.74, 6) is -3.88. The highest BCUT2D eigenvalue weighted by Crippen LogP contribution is 2.32. The van der Waals surface area contributed by atoms with E-state index in [1.165, 1.54) is 12.0 Å². The highest BCUT2D eigenvalue weighted by atomic mass is 19.3. The summed E-state index contributed by atoms with van der Waals surface area (Å²) in [6.07, 6.45) is 0.390. The van der Waals surface area contributed by atoms with Crippen LogP contribution in [0.5, 0.6) is 5.75 Å². The number of alkyl halides is 2. The predicted molar refractivity (Wildman–Crippen MR) is 90.1 cm³/mol. The lowest BCUT2D eigenvalue weighted by atomic mass is 9.99. The molecule has 0 aromatic heterocycles. The zero-order valence-corrected chi connectivity index (χ0v) is 14.1. The monoisotopic (exact) mass is 353 g/mol. The number of likely N-dealkylation sites (tertiary alicyclic amines) is 1. The Morgan fingerprint density at radius 2 is 2.16 bits per heavy atom. The second kappa shape index (κ2) is 7.50. The molecular weight excluding hydrogens is 332 g/mol. The Morgan fingerprint density at radius 3 is 2.76 bits per heavy atom. The Balaban J connectivity index is 2.28. The zero-order valence-electron chi connectivity index (χ0n) is 14.1. The number of nitrogens with zero attached hydrogens (tertiary/aromatic N) is 1. The maximum absolute atomic E-state index is 14.1. The normalized spacial score (nSPS) is 19.0. The van der Waals surface area contributed by atoms with E-state index in [4.69, 9.17) is 4.74 Å². The number of hydrogen-bond donors (Lipinski definition) is 2. The summed E-state index contributed by atoms with van der Waals surface area (Å²) in [5, 5.41) is 5.11. The van der Waals surface area contributed by atoms with Crippen molar-refractivity contribution in [3.8, 4) is 5.75 Å². The molecule has 1 aliphatic heterocycles. The van der Waals surface area contributed by atoms with Gasteiger partial charge in [0.2, 0.25) is 5.91 Å². The Morgan fingerprint density at radius 1 is 1.44 bits per heavy atom. The van der Waals surface area contributed by atoms with Crippen LogP contribution in [0.2, 0.25) is 0 Å². The van der Waals surface area contributed by atoms with Gasteiger partial charge < -0.3 is 20.3 Å². The van der Waals surface area contributed by atoms with Gasteiger partial charge in [-0.2, -0.15) is 0 Å². The molecule has 1 saturated heterocycles. The molecule has 1 heterocycles. The fraction of sp³-hybridized carbons (Fsp3) is 0.412. The molecule has 8 heteroatoms. The molecule has 1 unspecified atom stereocenters. The Hall–Kier alpha value is -2.64. The average molecular weight is 353 g/mol. The first-order valence-electron chi connectivity index (χ1n) is 7.78. The van der Waals surface area contributed by atoms with Crippen LogP contribution >= 0.6 is 0 Å². The molecule has 1 aromatic carbocycles. The zero-order chi connectivity index (χ0) is 18.6. The third kappa shape index (κ3) is 3.89. The third-order valence-electron chi connectivity index (χ3n) is 4.15. The molecule has 6 nitrogen and oxygen atoms in total. The van der Waals surface area contributed by atoms with Crippen molar-refractivity contribution in [1.29, 1.82) is 0 Å². The number of piperidine rings is 1. The van der Waals surface area contributed by atoms with Crippen LogP contribution in [0, 0.1) is 0 Å². The molecule has 0 radical (unpaired) electrons. The average Bonchev–Trinajstić information content (AvgIpc) is 2.61. The maximum atomic E-state index is 14.1. The summed E-state index contributed by atoms with van der Waals surface area (Å²) >= 11 is 0. The van der Waals surface area contributed by atoms with Gasteiger partial charge in [0.1, 0.15) is 17.4 Å². The first-order chi connectivity index (χ1) is 11.8.